The standard InChI is InChI=1S/C16H25NO2/c1-12(2)9-13(3)10-16(19)17-15(11-18)14-7-5-4-6-8-14/h4-8,12-13,15,18H,9-11H2,1-3H3,(H,17,19)/t13?,15-/m1/s1. The molecule has 0 fully saturated rings. The molecule has 0 heterocycles. The lowest BCUT2D eigenvalue weighted by Crippen LogP contribution is -2.31. The van der Waals surface area contributed by atoms with Crippen LogP contribution < -0.4 is 5.32 Å². The van der Waals surface area contributed by atoms with Gasteiger partial charge in [-0.05, 0) is 23.8 Å². The van der Waals surface area contributed by atoms with Gasteiger partial charge in [0.15, 0.2) is 0 Å². The van der Waals surface area contributed by atoms with E-state index in [1.807, 2.05) is 30.3 Å². The van der Waals surface area contributed by atoms with Crippen molar-refractivity contribution in [1.29, 1.82) is 0 Å². The van der Waals surface area contributed by atoms with E-state index >= 15 is 0 Å². The van der Waals surface area contributed by atoms with Gasteiger partial charge in [0.05, 0.1) is 12.6 Å². The van der Waals surface area contributed by atoms with E-state index < -0.39 is 0 Å². The molecule has 1 rings (SSSR count). The zero-order valence-electron chi connectivity index (χ0n) is 12.1. The maximum atomic E-state index is 12.0. The second kappa shape index (κ2) is 7.95. The van der Waals surface area contributed by atoms with Gasteiger partial charge in [-0.1, -0.05) is 51.1 Å². The second-order valence-corrected chi connectivity index (χ2v) is 5.65. The molecule has 0 radical (unpaired) electrons. The number of nitrogens with one attached hydrogen (secondary N) is 1. The van der Waals surface area contributed by atoms with Gasteiger partial charge in [0.1, 0.15) is 0 Å². The van der Waals surface area contributed by atoms with Crippen molar-refractivity contribution in [2.24, 2.45) is 11.8 Å². The maximum Gasteiger partial charge on any atom is 0.220 e. The first-order valence-electron chi connectivity index (χ1n) is 6.98. The van der Waals surface area contributed by atoms with Crippen LogP contribution in [0, 0.1) is 11.8 Å². The lowest BCUT2D eigenvalue weighted by Gasteiger charge is -2.19. The van der Waals surface area contributed by atoms with E-state index in [2.05, 4.69) is 26.1 Å². The minimum atomic E-state index is -0.306. The van der Waals surface area contributed by atoms with Gasteiger partial charge in [-0.15, -0.1) is 0 Å². The SMILES string of the molecule is CC(C)CC(C)CC(=O)N[C@H](CO)c1ccccc1. The van der Waals surface area contributed by atoms with Crippen LogP contribution in [0.4, 0.5) is 0 Å². The van der Waals surface area contributed by atoms with Gasteiger partial charge in [0.25, 0.3) is 0 Å². The van der Waals surface area contributed by atoms with Crippen molar-refractivity contribution in [2.75, 3.05) is 6.61 Å². The molecule has 19 heavy (non-hydrogen) atoms. The highest BCUT2D eigenvalue weighted by Crippen LogP contribution is 2.16. The fraction of sp³-hybridized carbons (Fsp3) is 0.562. The molecule has 1 unspecified atom stereocenters. The van der Waals surface area contributed by atoms with Crippen LogP contribution in [0.3, 0.4) is 0 Å². The highest BCUT2D eigenvalue weighted by atomic mass is 16.3. The number of benzene rings is 1. The minimum Gasteiger partial charge on any atom is -0.394 e. The number of aliphatic hydroxyl groups excluding tert-OH is 1. The number of carbonyl (C=O) groups is 1. The molecule has 2 atom stereocenters. The van der Waals surface area contributed by atoms with Crippen molar-refractivity contribution < 1.29 is 9.90 Å². The van der Waals surface area contributed by atoms with E-state index in [9.17, 15) is 9.90 Å². The third-order valence-electron chi connectivity index (χ3n) is 3.13. The molecule has 1 aromatic rings. The molecule has 0 saturated heterocycles. The maximum absolute atomic E-state index is 12.0. The van der Waals surface area contributed by atoms with Crippen LogP contribution in [-0.2, 0) is 4.79 Å². The van der Waals surface area contributed by atoms with Gasteiger partial charge >= 0.3 is 0 Å². The number of carbonyl (C=O) groups excluding carboxylic acids is 1. The fourth-order valence-corrected chi connectivity index (χ4v) is 2.38. The smallest absolute Gasteiger partial charge is 0.220 e. The Morgan fingerprint density at radius 2 is 1.84 bits per heavy atom. The van der Waals surface area contributed by atoms with Gasteiger partial charge in [-0.25, -0.2) is 0 Å². The molecule has 0 saturated carbocycles. The van der Waals surface area contributed by atoms with Crippen molar-refractivity contribution in [1.82, 2.24) is 5.32 Å². The summed E-state index contributed by atoms with van der Waals surface area (Å²) in [4.78, 5) is 12.0. The van der Waals surface area contributed by atoms with Crippen LogP contribution in [0.1, 0.15) is 45.2 Å². The third kappa shape index (κ3) is 5.88. The van der Waals surface area contributed by atoms with Crippen molar-refractivity contribution >= 4 is 5.91 Å². The Morgan fingerprint density at radius 1 is 1.21 bits per heavy atom. The van der Waals surface area contributed by atoms with Crippen LogP contribution >= 0.6 is 0 Å². The molecule has 106 valence electrons. The van der Waals surface area contributed by atoms with E-state index in [1.165, 1.54) is 0 Å². The second-order valence-electron chi connectivity index (χ2n) is 5.65. The van der Waals surface area contributed by atoms with Crippen LogP contribution in [0.5, 0.6) is 0 Å². The van der Waals surface area contributed by atoms with E-state index in [0.717, 1.165) is 12.0 Å². The monoisotopic (exact) mass is 263 g/mol. The predicted octanol–water partition coefficient (Wildman–Crippen LogP) is 2.91. The zero-order chi connectivity index (χ0) is 14.3. The quantitative estimate of drug-likeness (QED) is 0.794. The summed E-state index contributed by atoms with van der Waals surface area (Å²) in [5.74, 6) is 0.983. The van der Waals surface area contributed by atoms with E-state index in [4.69, 9.17) is 0 Å². The van der Waals surface area contributed by atoms with Crippen LogP contribution in [0.2, 0.25) is 0 Å². The molecule has 1 aromatic carbocycles. The Morgan fingerprint density at radius 3 is 2.37 bits per heavy atom. The topological polar surface area (TPSA) is 49.3 Å². The average Bonchev–Trinajstić information content (AvgIpc) is 2.35. The predicted molar refractivity (Wildman–Crippen MR) is 77.6 cm³/mol. The molecule has 3 nitrogen and oxygen atoms in total. The number of amides is 1. The molecule has 1 amide bonds. The molecule has 0 aliphatic carbocycles. The highest BCUT2D eigenvalue weighted by Gasteiger charge is 2.16. The Hall–Kier alpha value is -1.35. The number of aliphatic hydroxyl groups is 1. The van der Waals surface area contributed by atoms with Gasteiger partial charge < -0.3 is 10.4 Å². The third-order valence-corrected chi connectivity index (χ3v) is 3.13. The Bertz CT molecular complexity index is 376. The van der Waals surface area contributed by atoms with E-state index in [-0.39, 0.29) is 18.6 Å². The van der Waals surface area contributed by atoms with Crippen molar-refractivity contribution in [3.05, 3.63) is 35.9 Å². The van der Waals surface area contributed by atoms with Crippen LogP contribution in [0.15, 0.2) is 30.3 Å². The number of hydrogen-bond acceptors (Lipinski definition) is 2. The summed E-state index contributed by atoms with van der Waals surface area (Å²) in [6, 6.07) is 9.26. The lowest BCUT2D eigenvalue weighted by atomic mass is 9.95. The molecule has 0 aromatic heterocycles. The lowest BCUT2D eigenvalue weighted by molar-refractivity contribution is -0.123. The van der Waals surface area contributed by atoms with Gasteiger partial charge in [-0.3, -0.25) is 4.79 Å². The van der Waals surface area contributed by atoms with Crippen LogP contribution in [0.25, 0.3) is 0 Å². The van der Waals surface area contributed by atoms with Crippen LogP contribution in [-0.4, -0.2) is 17.6 Å². The summed E-state index contributed by atoms with van der Waals surface area (Å²) in [7, 11) is 0. The normalized spacial score (nSPS) is 14.2. The summed E-state index contributed by atoms with van der Waals surface area (Å²) in [6.45, 7) is 6.34. The first kappa shape index (κ1) is 15.7. The fourth-order valence-electron chi connectivity index (χ4n) is 2.38. The molecular weight excluding hydrogens is 238 g/mol. The highest BCUT2D eigenvalue weighted by molar-refractivity contribution is 5.76. The number of rotatable bonds is 7. The molecule has 0 aliphatic rings. The Balaban J connectivity index is 2.50. The molecular formula is C16H25NO2. The van der Waals surface area contributed by atoms with Gasteiger partial charge in [0, 0.05) is 6.42 Å². The first-order chi connectivity index (χ1) is 9.02. The summed E-state index contributed by atoms with van der Waals surface area (Å²) in [6.07, 6.45) is 1.56. The Kier molecular flexibility index (Phi) is 6.57. The summed E-state index contributed by atoms with van der Waals surface area (Å²) in [5, 5.41) is 12.3. The molecule has 0 spiro atoms. The van der Waals surface area contributed by atoms with Gasteiger partial charge in [0.2, 0.25) is 5.91 Å². The first-order valence-corrected chi connectivity index (χ1v) is 6.98. The summed E-state index contributed by atoms with van der Waals surface area (Å²) in [5.41, 5.74) is 0.940. The summed E-state index contributed by atoms with van der Waals surface area (Å²) >= 11 is 0. The van der Waals surface area contributed by atoms with Gasteiger partial charge in [-0.2, -0.15) is 0 Å². The molecule has 0 bridgehead atoms. The van der Waals surface area contributed by atoms with E-state index in [0.29, 0.717) is 18.3 Å². The van der Waals surface area contributed by atoms with Crippen molar-refractivity contribution in [3.8, 4) is 0 Å². The van der Waals surface area contributed by atoms with E-state index in [1.54, 1.807) is 0 Å². The molecule has 2 N–H and O–H groups in total. The van der Waals surface area contributed by atoms with Crippen molar-refractivity contribution in [2.45, 2.75) is 39.7 Å². The molecule has 0 aliphatic heterocycles. The average molecular weight is 263 g/mol. The zero-order valence-corrected chi connectivity index (χ0v) is 12.1. The van der Waals surface area contributed by atoms with Crippen molar-refractivity contribution in [3.63, 3.8) is 0 Å². The largest absolute Gasteiger partial charge is 0.394 e. The number of hydrogen-bond donors (Lipinski definition) is 2. The molecule has 3 heteroatoms. The minimum absolute atomic E-state index is 0.0102. The Labute approximate surface area is 116 Å². The summed E-state index contributed by atoms with van der Waals surface area (Å²) < 4.78 is 0.